The van der Waals surface area contributed by atoms with Crippen molar-refractivity contribution >= 4 is 16.0 Å². The zero-order valence-electron chi connectivity index (χ0n) is 14.7. The summed E-state index contributed by atoms with van der Waals surface area (Å²) in [6.45, 7) is 6.85. The third-order valence-corrected chi connectivity index (χ3v) is 6.09. The fraction of sp³-hybridized carbons (Fsp3) is 0.611. The minimum absolute atomic E-state index is 0.0872. The molecule has 1 aromatic carbocycles. The summed E-state index contributed by atoms with van der Waals surface area (Å²) in [5, 5.41) is 0. The number of carbonyl (C=O) groups excluding carboxylic acids is 1. The quantitative estimate of drug-likeness (QED) is 0.640. The Balaban J connectivity index is 2.14. The summed E-state index contributed by atoms with van der Waals surface area (Å²) in [6, 6.07) is 7.04. The molecule has 1 aliphatic carbocycles. The molecule has 0 saturated heterocycles. The zero-order valence-corrected chi connectivity index (χ0v) is 15.5. The van der Waals surface area contributed by atoms with E-state index < -0.39 is 10.0 Å². The number of esters is 1. The summed E-state index contributed by atoms with van der Waals surface area (Å²) in [5.74, 6) is 0.411. The highest BCUT2D eigenvalue weighted by molar-refractivity contribution is 7.89. The Hall–Kier alpha value is -1.40. The number of ether oxygens (including phenoxy) is 1. The molecule has 5 nitrogen and oxygen atoms in total. The van der Waals surface area contributed by atoms with Crippen molar-refractivity contribution in [2.75, 3.05) is 19.7 Å². The summed E-state index contributed by atoms with van der Waals surface area (Å²) in [6.07, 6.45) is 2.19. The summed E-state index contributed by atoms with van der Waals surface area (Å²) >= 11 is 0. The van der Waals surface area contributed by atoms with E-state index in [1.54, 1.807) is 19.1 Å². The number of carbonyl (C=O) groups is 1. The lowest BCUT2D eigenvalue weighted by Crippen LogP contribution is -2.35. The lowest BCUT2D eigenvalue weighted by Gasteiger charge is -2.22. The number of benzene rings is 1. The maximum Gasteiger partial charge on any atom is 0.307 e. The van der Waals surface area contributed by atoms with E-state index in [0.29, 0.717) is 25.0 Å². The second kappa shape index (κ2) is 8.12. The van der Waals surface area contributed by atoms with Crippen molar-refractivity contribution in [3.05, 3.63) is 29.8 Å². The van der Waals surface area contributed by atoms with E-state index in [4.69, 9.17) is 4.74 Å². The molecule has 6 heteroatoms. The van der Waals surface area contributed by atoms with Gasteiger partial charge in [-0.15, -0.1) is 0 Å². The highest BCUT2D eigenvalue weighted by atomic mass is 32.2. The number of rotatable bonds is 9. The van der Waals surface area contributed by atoms with Crippen LogP contribution in [0.3, 0.4) is 0 Å². The van der Waals surface area contributed by atoms with E-state index >= 15 is 0 Å². The lowest BCUT2D eigenvalue weighted by atomic mass is 10.0. The molecule has 134 valence electrons. The van der Waals surface area contributed by atoms with Gasteiger partial charge in [-0.25, -0.2) is 8.42 Å². The number of hydrogen-bond acceptors (Lipinski definition) is 4. The average molecular weight is 353 g/mol. The van der Waals surface area contributed by atoms with Gasteiger partial charge >= 0.3 is 5.97 Å². The van der Waals surface area contributed by atoms with E-state index in [0.717, 1.165) is 18.4 Å². The first-order chi connectivity index (χ1) is 11.3. The Bertz CT molecular complexity index is 648. The van der Waals surface area contributed by atoms with Crippen molar-refractivity contribution in [2.45, 2.75) is 50.8 Å². The number of nitrogens with zero attached hydrogens (tertiary/aromatic N) is 1. The van der Waals surface area contributed by atoms with Crippen LogP contribution in [0.5, 0.6) is 0 Å². The molecular formula is C18H27NO4S. The zero-order chi connectivity index (χ0) is 17.7. The molecule has 1 aromatic rings. The van der Waals surface area contributed by atoms with Crippen LogP contribution in [0.25, 0.3) is 0 Å². The first-order valence-corrected chi connectivity index (χ1v) is 10.0. The predicted molar refractivity (Wildman–Crippen MR) is 93.3 cm³/mol. The van der Waals surface area contributed by atoms with E-state index in [1.807, 2.05) is 12.1 Å². The molecule has 0 N–H and O–H groups in total. The number of hydrogen-bond donors (Lipinski definition) is 0. The maximum absolute atomic E-state index is 12.9. The van der Waals surface area contributed by atoms with Crippen LogP contribution in [0.15, 0.2) is 29.2 Å². The molecule has 0 bridgehead atoms. The van der Waals surface area contributed by atoms with Crippen LogP contribution >= 0.6 is 0 Å². The van der Waals surface area contributed by atoms with Gasteiger partial charge in [0.2, 0.25) is 10.0 Å². The molecule has 0 spiro atoms. The van der Waals surface area contributed by atoms with Crippen molar-refractivity contribution in [1.82, 2.24) is 4.31 Å². The smallest absolute Gasteiger partial charge is 0.307 e. The molecule has 0 heterocycles. The first kappa shape index (κ1) is 18.9. The van der Waals surface area contributed by atoms with Crippen molar-refractivity contribution in [2.24, 2.45) is 5.92 Å². The fourth-order valence-electron chi connectivity index (χ4n) is 2.52. The van der Waals surface area contributed by atoms with Crippen molar-refractivity contribution in [1.29, 1.82) is 0 Å². The van der Waals surface area contributed by atoms with E-state index in [9.17, 15) is 13.2 Å². The Kier molecular flexibility index (Phi) is 6.40. The highest BCUT2D eigenvalue weighted by Gasteiger charge is 2.32. The molecule has 1 fully saturated rings. The monoisotopic (exact) mass is 353 g/mol. The van der Waals surface area contributed by atoms with Crippen LogP contribution in [0.4, 0.5) is 0 Å². The molecule has 24 heavy (non-hydrogen) atoms. The van der Waals surface area contributed by atoms with Crippen molar-refractivity contribution in [3.63, 3.8) is 0 Å². The van der Waals surface area contributed by atoms with Gasteiger partial charge in [0.05, 0.1) is 17.9 Å². The van der Waals surface area contributed by atoms with E-state index in [1.165, 1.54) is 4.31 Å². The van der Waals surface area contributed by atoms with Gasteiger partial charge in [-0.2, -0.15) is 4.31 Å². The van der Waals surface area contributed by atoms with Gasteiger partial charge in [-0.1, -0.05) is 26.0 Å². The maximum atomic E-state index is 12.9. The van der Waals surface area contributed by atoms with Gasteiger partial charge < -0.3 is 4.74 Å². The lowest BCUT2D eigenvalue weighted by molar-refractivity contribution is -0.143. The van der Waals surface area contributed by atoms with Gasteiger partial charge in [0, 0.05) is 13.1 Å². The Labute approximate surface area is 145 Å². The molecule has 0 unspecified atom stereocenters. The second-order valence-corrected chi connectivity index (χ2v) is 8.52. The molecule has 2 rings (SSSR count). The normalized spacial score (nSPS) is 15.0. The molecule has 0 aromatic heterocycles. The first-order valence-electron chi connectivity index (χ1n) is 8.60. The summed E-state index contributed by atoms with van der Waals surface area (Å²) < 4.78 is 32.2. The molecule has 0 atom stereocenters. The Morgan fingerprint density at radius 2 is 1.88 bits per heavy atom. The van der Waals surface area contributed by atoms with Crippen LogP contribution in [0, 0.1) is 5.92 Å². The van der Waals surface area contributed by atoms with Crippen LogP contribution in [-0.2, 0) is 19.6 Å². The molecule has 0 amide bonds. The van der Waals surface area contributed by atoms with Gasteiger partial charge in [-0.3, -0.25) is 4.79 Å². The van der Waals surface area contributed by atoms with E-state index in [2.05, 4.69) is 13.8 Å². The topological polar surface area (TPSA) is 63.7 Å². The Morgan fingerprint density at radius 3 is 2.38 bits per heavy atom. The second-order valence-electron chi connectivity index (χ2n) is 6.59. The fourth-order valence-corrected chi connectivity index (χ4v) is 4.04. The molecule has 0 radical (unpaired) electrons. The van der Waals surface area contributed by atoms with Gasteiger partial charge in [0.25, 0.3) is 0 Å². The largest absolute Gasteiger partial charge is 0.466 e. The number of sulfonamides is 1. The highest BCUT2D eigenvalue weighted by Crippen LogP contribution is 2.32. The molecule has 1 aliphatic rings. The Morgan fingerprint density at radius 1 is 1.25 bits per heavy atom. The molecule has 0 aliphatic heterocycles. The van der Waals surface area contributed by atoms with Crippen LogP contribution in [-0.4, -0.2) is 38.4 Å². The van der Waals surface area contributed by atoms with E-state index in [-0.39, 0.29) is 23.8 Å². The summed E-state index contributed by atoms with van der Waals surface area (Å²) in [5.41, 5.74) is 1.11. The minimum Gasteiger partial charge on any atom is -0.466 e. The van der Waals surface area contributed by atoms with Gasteiger partial charge in [0.1, 0.15) is 0 Å². The standard InChI is InChI=1S/C18H27NO4S/c1-4-23-18(20)11-12-19(13-15-5-6-15)24(21,22)17-9-7-16(8-10-17)14(2)3/h7-10,14-15H,4-6,11-13H2,1-3H3. The van der Waals surface area contributed by atoms with Crippen molar-refractivity contribution in [3.8, 4) is 0 Å². The predicted octanol–water partition coefficient (Wildman–Crippen LogP) is 3.16. The summed E-state index contributed by atoms with van der Waals surface area (Å²) in [4.78, 5) is 11.9. The summed E-state index contributed by atoms with van der Waals surface area (Å²) in [7, 11) is -3.58. The third kappa shape index (κ3) is 5.05. The van der Waals surface area contributed by atoms with Crippen LogP contribution in [0.1, 0.15) is 51.5 Å². The van der Waals surface area contributed by atoms with Crippen molar-refractivity contribution < 1.29 is 17.9 Å². The van der Waals surface area contributed by atoms with Gasteiger partial charge in [0.15, 0.2) is 0 Å². The average Bonchev–Trinajstić information content (AvgIpc) is 3.35. The molecule has 1 saturated carbocycles. The van der Waals surface area contributed by atoms with Crippen LogP contribution in [0.2, 0.25) is 0 Å². The van der Waals surface area contributed by atoms with Gasteiger partial charge in [-0.05, 0) is 49.3 Å². The minimum atomic E-state index is -3.58. The SMILES string of the molecule is CCOC(=O)CCN(CC1CC1)S(=O)(=O)c1ccc(C(C)C)cc1. The molecular weight excluding hydrogens is 326 g/mol. The third-order valence-electron chi connectivity index (χ3n) is 4.21. The van der Waals surface area contributed by atoms with Crippen LogP contribution < -0.4 is 0 Å².